The predicted octanol–water partition coefficient (Wildman–Crippen LogP) is 0.791. The van der Waals surface area contributed by atoms with E-state index in [0.717, 1.165) is 32.2 Å². The van der Waals surface area contributed by atoms with Crippen molar-refractivity contribution in [2.45, 2.75) is 25.4 Å². The van der Waals surface area contributed by atoms with Crippen molar-refractivity contribution in [1.82, 2.24) is 5.32 Å². The Hall–Kier alpha value is -0.120. The largest absolute Gasteiger partial charge is 0.379 e. The first kappa shape index (κ1) is 9.44. The standard InChI is InChI=1S/C10H19NO2/c1-4-11-7-9(1)2-6-13-10-3-5-12-8-10/h9-11H,1-8H2. The van der Waals surface area contributed by atoms with Crippen molar-refractivity contribution in [3.63, 3.8) is 0 Å². The van der Waals surface area contributed by atoms with Gasteiger partial charge in [-0.2, -0.15) is 0 Å². The summed E-state index contributed by atoms with van der Waals surface area (Å²) in [7, 11) is 0. The van der Waals surface area contributed by atoms with Crippen molar-refractivity contribution < 1.29 is 9.47 Å². The normalized spacial score (nSPS) is 34.2. The maximum atomic E-state index is 5.71. The monoisotopic (exact) mass is 185 g/mol. The molecule has 0 aliphatic carbocycles. The van der Waals surface area contributed by atoms with Gasteiger partial charge in [-0.25, -0.2) is 0 Å². The molecule has 2 rings (SSSR count). The van der Waals surface area contributed by atoms with Gasteiger partial charge in [-0.1, -0.05) is 0 Å². The summed E-state index contributed by atoms with van der Waals surface area (Å²) in [6.45, 7) is 4.99. The lowest BCUT2D eigenvalue weighted by Crippen LogP contribution is -2.16. The van der Waals surface area contributed by atoms with Crippen molar-refractivity contribution in [2.75, 3.05) is 32.9 Å². The van der Waals surface area contributed by atoms with E-state index in [0.29, 0.717) is 6.10 Å². The van der Waals surface area contributed by atoms with Crippen LogP contribution in [0.1, 0.15) is 19.3 Å². The zero-order valence-electron chi connectivity index (χ0n) is 8.13. The molecule has 0 aromatic carbocycles. The number of hydrogen-bond acceptors (Lipinski definition) is 3. The van der Waals surface area contributed by atoms with E-state index < -0.39 is 0 Å². The minimum absolute atomic E-state index is 0.384. The van der Waals surface area contributed by atoms with Gasteiger partial charge in [0.2, 0.25) is 0 Å². The van der Waals surface area contributed by atoms with Gasteiger partial charge in [-0.05, 0) is 38.3 Å². The molecule has 0 bridgehead atoms. The lowest BCUT2D eigenvalue weighted by atomic mass is 10.1. The molecule has 76 valence electrons. The first-order valence-corrected chi connectivity index (χ1v) is 5.35. The minimum Gasteiger partial charge on any atom is -0.379 e. The van der Waals surface area contributed by atoms with Crippen LogP contribution in [0, 0.1) is 5.92 Å². The predicted molar refractivity (Wildman–Crippen MR) is 50.8 cm³/mol. The molecule has 0 aromatic rings. The van der Waals surface area contributed by atoms with Crippen LogP contribution in [0.25, 0.3) is 0 Å². The summed E-state index contributed by atoms with van der Waals surface area (Å²) >= 11 is 0. The van der Waals surface area contributed by atoms with Crippen LogP contribution in [-0.2, 0) is 9.47 Å². The molecule has 2 aliphatic heterocycles. The molecule has 2 fully saturated rings. The van der Waals surface area contributed by atoms with E-state index in [1.807, 2.05) is 0 Å². The van der Waals surface area contributed by atoms with Gasteiger partial charge in [0, 0.05) is 13.2 Å². The van der Waals surface area contributed by atoms with E-state index in [1.165, 1.54) is 25.9 Å². The Morgan fingerprint density at radius 3 is 3.08 bits per heavy atom. The second kappa shape index (κ2) is 4.94. The first-order chi connectivity index (χ1) is 6.45. The van der Waals surface area contributed by atoms with Crippen molar-refractivity contribution in [3.05, 3.63) is 0 Å². The molecular formula is C10H19NO2. The molecule has 2 atom stereocenters. The van der Waals surface area contributed by atoms with E-state index >= 15 is 0 Å². The molecule has 0 amide bonds. The van der Waals surface area contributed by atoms with Crippen LogP contribution in [0.3, 0.4) is 0 Å². The number of nitrogens with one attached hydrogen (secondary N) is 1. The minimum atomic E-state index is 0.384. The third-order valence-corrected chi connectivity index (χ3v) is 2.93. The van der Waals surface area contributed by atoms with Gasteiger partial charge in [-0.15, -0.1) is 0 Å². The van der Waals surface area contributed by atoms with E-state index in [9.17, 15) is 0 Å². The number of hydrogen-bond donors (Lipinski definition) is 1. The number of rotatable bonds is 4. The van der Waals surface area contributed by atoms with E-state index in [-0.39, 0.29) is 0 Å². The molecule has 3 heteroatoms. The molecule has 13 heavy (non-hydrogen) atoms. The Morgan fingerprint density at radius 1 is 1.38 bits per heavy atom. The third kappa shape index (κ3) is 2.93. The SMILES string of the molecule is C1CC(CCOC2CCOC2)CN1. The van der Waals surface area contributed by atoms with Gasteiger partial charge in [0.1, 0.15) is 0 Å². The molecule has 0 aromatic heterocycles. The zero-order valence-corrected chi connectivity index (χ0v) is 8.13. The van der Waals surface area contributed by atoms with Gasteiger partial charge < -0.3 is 14.8 Å². The summed E-state index contributed by atoms with van der Waals surface area (Å²) in [4.78, 5) is 0. The van der Waals surface area contributed by atoms with Crippen LogP contribution >= 0.6 is 0 Å². The maximum absolute atomic E-state index is 5.71. The van der Waals surface area contributed by atoms with E-state index in [4.69, 9.17) is 9.47 Å². The van der Waals surface area contributed by atoms with Gasteiger partial charge in [0.25, 0.3) is 0 Å². The van der Waals surface area contributed by atoms with Crippen molar-refractivity contribution >= 4 is 0 Å². The molecule has 3 nitrogen and oxygen atoms in total. The molecule has 0 radical (unpaired) electrons. The molecular weight excluding hydrogens is 166 g/mol. The van der Waals surface area contributed by atoms with Crippen LogP contribution in [0.4, 0.5) is 0 Å². The lowest BCUT2D eigenvalue weighted by molar-refractivity contribution is 0.0364. The van der Waals surface area contributed by atoms with Crippen molar-refractivity contribution in [3.8, 4) is 0 Å². The fourth-order valence-electron chi connectivity index (χ4n) is 2.01. The molecule has 2 heterocycles. The Balaban J connectivity index is 1.52. The summed E-state index contributed by atoms with van der Waals surface area (Å²) < 4.78 is 11.0. The number of ether oxygens (including phenoxy) is 2. The average molecular weight is 185 g/mol. The maximum Gasteiger partial charge on any atom is 0.0830 e. The summed E-state index contributed by atoms with van der Waals surface area (Å²) in [6, 6.07) is 0. The van der Waals surface area contributed by atoms with Crippen LogP contribution in [0.5, 0.6) is 0 Å². The molecule has 0 spiro atoms. The Kier molecular flexibility index (Phi) is 3.58. The summed E-state index contributed by atoms with van der Waals surface area (Å²) in [6.07, 6.45) is 4.01. The summed E-state index contributed by atoms with van der Waals surface area (Å²) in [5, 5.41) is 3.37. The van der Waals surface area contributed by atoms with Gasteiger partial charge in [-0.3, -0.25) is 0 Å². The Labute approximate surface area is 79.8 Å². The second-order valence-electron chi connectivity index (χ2n) is 4.00. The highest BCUT2D eigenvalue weighted by Gasteiger charge is 2.18. The lowest BCUT2D eigenvalue weighted by Gasteiger charge is -2.12. The van der Waals surface area contributed by atoms with Crippen molar-refractivity contribution in [2.24, 2.45) is 5.92 Å². The third-order valence-electron chi connectivity index (χ3n) is 2.93. The average Bonchev–Trinajstić information content (AvgIpc) is 2.75. The van der Waals surface area contributed by atoms with E-state index in [2.05, 4.69) is 5.32 Å². The molecule has 2 unspecified atom stereocenters. The highest BCUT2D eigenvalue weighted by atomic mass is 16.5. The fraction of sp³-hybridized carbons (Fsp3) is 1.00. The molecule has 0 saturated carbocycles. The summed E-state index contributed by atoms with van der Waals surface area (Å²) in [5.74, 6) is 0.849. The Morgan fingerprint density at radius 2 is 2.38 bits per heavy atom. The smallest absolute Gasteiger partial charge is 0.0830 e. The molecule has 1 N–H and O–H groups in total. The molecule has 2 saturated heterocycles. The van der Waals surface area contributed by atoms with Crippen LogP contribution in [0.2, 0.25) is 0 Å². The van der Waals surface area contributed by atoms with Gasteiger partial charge in [0.05, 0.1) is 12.7 Å². The van der Waals surface area contributed by atoms with Crippen LogP contribution in [-0.4, -0.2) is 39.0 Å². The topological polar surface area (TPSA) is 30.5 Å². The van der Waals surface area contributed by atoms with Gasteiger partial charge in [0.15, 0.2) is 0 Å². The van der Waals surface area contributed by atoms with Crippen LogP contribution in [0.15, 0.2) is 0 Å². The van der Waals surface area contributed by atoms with Crippen molar-refractivity contribution in [1.29, 1.82) is 0 Å². The van der Waals surface area contributed by atoms with E-state index in [1.54, 1.807) is 0 Å². The van der Waals surface area contributed by atoms with Gasteiger partial charge >= 0.3 is 0 Å². The fourth-order valence-corrected chi connectivity index (χ4v) is 2.01. The molecule has 2 aliphatic rings. The summed E-state index contributed by atoms with van der Waals surface area (Å²) in [5.41, 5.74) is 0. The first-order valence-electron chi connectivity index (χ1n) is 5.35. The quantitative estimate of drug-likeness (QED) is 0.702. The highest BCUT2D eigenvalue weighted by molar-refractivity contribution is 4.71. The zero-order chi connectivity index (χ0) is 8.93. The Bertz CT molecular complexity index is 124. The second-order valence-corrected chi connectivity index (χ2v) is 4.00. The van der Waals surface area contributed by atoms with Crippen LogP contribution < -0.4 is 5.32 Å². The highest BCUT2D eigenvalue weighted by Crippen LogP contribution is 2.14.